The summed E-state index contributed by atoms with van der Waals surface area (Å²) in [5.41, 5.74) is 1.07. The van der Waals surface area contributed by atoms with Crippen molar-refractivity contribution in [2.24, 2.45) is 0 Å². The molecule has 2 N–H and O–H groups in total. The second kappa shape index (κ2) is 6.49. The first-order chi connectivity index (χ1) is 11.7. The third kappa shape index (κ3) is 3.14. The predicted octanol–water partition coefficient (Wildman–Crippen LogP) is -0.198. The minimum atomic E-state index is -0.302. The number of nitrogens with zero attached hydrogens (tertiary/aromatic N) is 2. The van der Waals surface area contributed by atoms with Crippen molar-refractivity contribution >= 4 is 33.4 Å². The number of carbonyl (C=O) groups is 2. The summed E-state index contributed by atoms with van der Waals surface area (Å²) in [4.78, 5) is 31.8. The molecule has 0 saturated carbocycles. The average molecular weight is 345 g/mol. The zero-order valence-corrected chi connectivity index (χ0v) is 14.3. The molecule has 1 atom stereocenters. The minimum Gasteiger partial charge on any atom is -0.344 e. The number of thiazole rings is 1. The van der Waals surface area contributed by atoms with Crippen LogP contribution in [0.1, 0.15) is 17.8 Å². The fraction of sp³-hybridized carbons (Fsp3) is 0.471. The van der Waals surface area contributed by atoms with Gasteiger partial charge in [0.2, 0.25) is 11.8 Å². The van der Waals surface area contributed by atoms with Crippen molar-refractivity contribution in [1.82, 2.24) is 15.2 Å². The zero-order chi connectivity index (χ0) is 16.5. The average Bonchev–Trinajstić information content (AvgIpc) is 3.20. The number of hydrogen-bond acceptors (Lipinski definition) is 4. The summed E-state index contributed by atoms with van der Waals surface area (Å²) in [6, 6.07) is 7.92. The summed E-state index contributed by atoms with van der Waals surface area (Å²) in [5, 5.41) is 3.93. The van der Waals surface area contributed by atoms with Gasteiger partial charge in [-0.1, -0.05) is 12.1 Å². The quantitative estimate of drug-likeness (QED) is 0.810. The molecule has 6 nitrogen and oxygen atoms in total. The van der Waals surface area contributed by atoms with Crippen LogP contribution in [0.3, 0.4) is 0 Å². The summed E-state index contributed by atoms with van der Waals surface area (Å²) in [7, 11) is 0. The van der Waals surface area contributed by atoms with Gasteiger partial charge in [-0.25, -0.2) is 4.98 Å². The molecule has 0 bridgehead atoms. The number of piperazine rings is 1. The summed E-state index contributed by atoms with van der Waals surface area (Å²) in [5.74, 6) is 0.0772. The van der Waals surface area contributed by atoms with Gasteiger partial charge in [-0.3, -0.25) is 9.59 Å². The van der Waals surface area contributed by atoms with Crippen LogP contribution in [0.5, 0.6) is 0 Å². The van der Waals surface area contributed by atoms with E-state index in [1.54, 1.807) is 11.3 Å². The minimum absolute atomic E-state index is 0.00607. The Morgan fingerprint density at radius 2 is 2.12 bits per heavy atom. The monoisotopic (exact) mass is 345 g/mol. The van der Waals surface area contributed by atoms with Crippen LogP contribution in [-0.4, -0.2) is 53.9 Å². The van der Waals surface area contributed by atoms with Crippen molar-refractivity contribution in [2.75, 3.05) is 26.2 Å². The first-order valence-corrected chi connectivity index (χ1v) is 9.27. The van der Waals surface area contributed by atoms with Gasteiger partial charge < -0.3 is 15.1 Å². The fourth-order valence-electron chi connectivity index (χ4n) is 3.45. The summed E-state index contributed by atoms with van der Waals surface area (Å²) >= 11 is 1.76. The third-order valence-corrected chi connectivity index (χ3v) is 5.85. The molecule has 2 amide bonds. The second-order valence-electron chi connectivity index (χ2n) is 6.49. The van der Waals surface area contributed by atoms with E-state index in [1.165, 1.54) is 9.60 Å². The van der Waals surface area contributed by atoms with Crippen molar-refractivity contribution in [3.63, 3.8) is 0 Å². The van der Waals surface area contributed by atoms with E-state index in [9.17, 15) is 9.59 Å². The zero-order valence-electron chi connectivity index (χ0n) is 13.5. The highest BCUT2D eigenvalue weighted by Gasteiger charge is 2.33. The van der Waals surface area contributed by atoms with E-state index in [0.29, 0.717) is 12.8 Å². The largest absolute Gasteiger partial charge is 0.344 e. The highest BCUT2D eigenvalue weighted by molar-refractivity contribution is 7.18. The van der Waals surface area contributed by atoms with Crippen LogP contribution in [0, 0.1) is 0 Å². The number of quaternary nitrogens is 1. The topological polar surface area (TPSA) is 66.7 Å². The van der Waals surface area contributed by atoms with Gasteiger partial charge in [0.25, 0.3) is 0 Å². The van der Waals surface area contributed by atoms with Crippen LogP contribution in [-0.2, 0) is 16.1 Å². The van der Waals surface area contributed by atoms with Gasteiger partial charge in [-0.15, -0.1) is 11.3 Å². The van der Waals surface area contributed by atoms with Crippen LogP contribution in [0.15, 0.2) is 24.3 Å². The molecular weight excluding hydrogens is 324 g/mol. The molecule has 2 aliphatic rings. The molecule has 7 heteroatoms. The maximum Gasteiger partial charge on any atom is 0.245 e. The van der Waals surface area contributed by atoms with Gasteiger partial charge in [0, 0.05) is 6.42 Å². The van der Waals surface area contributed by atoms with Gasteiger partial charge >= 0.3 is 0 Å². The lowest BCUT2D eigenvalue weighted by Gasteiger charge is -2.33. The Hall–Kier alpha value is -1.99. The Balaban J connectivity index is 1.32. The molecular formula is C17H21N4O2S+. The summed E-state index contributed by atoms with van der Waals surface area (Å²) in [6.45, 7) is 4.29. The summed E-state index contributed by atoms with van der Waals surface area (Å²) < 4.78 is 1.23. The first-order valence-electron chi connectivity index (χ1n) is 8.45. The Morgan fingerprint density at radius 3 is 2.83 bits per heavy atom. The molecule has 4 rings (SSSR count). The number of para-hydroxylation sites is 1. The standard InChI is InChI=1S/C17H20N4O2S/c22-15-6-5-13(18-15)17(23)21-9-7-20(8-10-21)11-16-19-12-3-1-2-4-14(12)24-16/h1-4,13H,5-11H2,(H,18,22)/p+1/t13-/m0/s1. The molecule has 0 unspecified atom stereocenters. The van der Waals surface area contributed by atoms with E-state index >= 15 is 0 Å². The Labute approximate surface area is 144 Å². The molecule has 2 aromatic rings. The van der Waals surface area contributed by atoms with Crippen molar-refractivity contribution in [3.8, 4) is 0 Å². The molecule has 0 spiro atoms. The molecule has 0 radical (unpaired) electrons. The summed E-state index contributed by atoms with van der Waals surface area (Å²) in [6.07, 6.45) is 1.11. The number of nitrogens with one attached hydrogen (secondary N) is 2. The van der Waals surface area contributed by atoms with Crippen molar-refractivity contribution < 1.29 is 14.5 Å². The SMILES string of the molecule is O=C1CC[C@@H](C(=O)N2CC[NH+](Cc3nc4ccccc4s3)CC2)N1. The number of rotatable bonds is 3. The van der Waals surface area contributed by atoms with Crippen LogP contribution in [0.2, 0.25) is 0 Å². The molecule has 126 valence electrons. The molecule has 0 aliphatic carbocycles. The highest BCUT2D eigenvalue weighted by Crippen LogP contribution is 2.20. The van der Waals surface area contributed by atoms with Crippen molar-refractivity contribution in [2.45, 2.75) is 25.4 Å². The van der Waals surface area contributed by atoms with Gasteiger partial charge in [-0.2, -0.15) is 0 Å². The van der Waals surface area contributed by atoms with Crippen LogP contribution >= 0.6 is 11.3 Å². The van der Waals surface area contributed by atoms with Crippen LogP contribution < -0.4 is 10.2 Å². The van der Waals surface area contributed by atoms with Gasteiger partial charge in [-0.05, 0) is 18.6 Å². The number of fused-ring (bicyclic) bond motifs is 1. The molecule has 3 heterocycles. The molecule has 2 fully saturated rings. The van der Waals surface area contributed by atoms with Gasteiger partial charge in [0.05, 0.1) is 36.4 Å². The predicted molar refractivity (Wildman–Crippen MR) is 91.8 cm³/mol. The Bertz CT molecular complexity index is 734. The maximum atomic E-state index is 12.4. The number of hydrogen-bond donors (Lipinski definition) is 2. The van der Waals surface area contributed by atoms with Gasteiger partial charge in [0.1, 0.15) is 17.6 Å². The van der Waals surface area contributed by atoms with E-state index in [1.807, 2.05) is 17.0 Å². The lowest BCUT2D eigenvalue weighted by molar-refractivity contribution is -0.917. The smallest absolute Gasteiger partial charge is 0.245 e. The van der Waals surface area contributed by atoms with E-state index in [4.69, 9.17) is 4.98 Å². The van der Waals surface area contributed by atoms with E-state index in [-0.39, 0.29) is 17.9 Å². The lowest BCUT2D eigenvalue weighted by Crippen LogP contribution is -3.13. The third-order valence-electron chi connectivity index (χ3n) is 4.82. The maximum absolute atomic E-state index is 12.4. The van der Waals surface area contributed by atoms with Gasteiger partial charge in [0.15, 0.2) is 0 Å². The van der Waals surface area contributed by atoms with Crippen LogP contribution in [0.25, 0.3) is 10.2 Å². The normalized spacial score (nSPS) is 22.1. The Morgan fingerprint density at radius 1 is 1.33 bits per heavy atom. The highest BCUT2D eigenvalue weighted by atomic mass is 32.1. The number of aromatic nitrogens is 1. The van der Waals surface area contributed by atoms with E-state index in [2.05, 4.69) is 17.4 Å². The van der Waals surface area contributed by atoms with E-state index in [0.717, 1.165) is 43.2 Å². The van der Waals surface area contributed by atoms with Crippen molar-refractivity contribution in [3.05, 3.63) is 29.3 Å². The first kappa shape index (κ1) is 15.5. The molecule has 2 aliphatic heterocycles. The van der Waals surface area contributed by atoms with Crippen molar-refractivity contribution in [1.29, 1.82) is 0 Å². The van der Waals surface area contributed by atoms with Crippen LogP contribution in [0.4, 0.5) is 0 Å². The fourth-order valence-corrected chi connectivity index (χ4v) is 4.49. The Kier molecular flexibility index (Phi) is 4.20. The van der Waals surface area contributed by atoms with E-state index < -0.39 is 0 Å². The molecule has 2 saturated heterocycles. The number of amides is 2. The number of carbonyl (C=O) groups excluding carboxylic acids is 2. The molecule has 1 aromatic heterocycles. The molecule has 24 heavy (non-hydrogen) atoms. The molecule has 1 aromatic carbocycles. The number of benzene rings is 1. The second-order valence-corrected chi connectivity index (χ2v) is 7.60. The lowest BCUT2D eigenvalue weighted by atomic mass is 10.2.